The Bertz CT molecular complexity index is 693. The fraction of sp³-hybridized carbons (Fsp3) is 0.286. The summed E-state index contributed by atoms with van der Waals surface area (Å²) in [6, 6.07) is 11.0. The van der Waals surface area contributed by atoms with Crippen molar-refractivity contribution in [2.75, 3.05) is 18.4 Å². The molecule has 0 radical (unpaired) electrons. The number of nitrogens with zero attached hydrogens (tertiary/aromatic N) is 1. The maximum atomic E-state index is 12.6. The standard InChI is InChI=1S/C14H18N2O2S2/c1-11-5-4-6-12(9-11)16(3)20(17,18)14-8-7-13(19-14)10-15-2/h4-9,15H,10H2,1-3H3. The largest absolute Gasteiger partial charge is 0.315 e. The molecule has 6 heteroatoms. The molecule has 0 amide bonds. The Morgan fingerprint density at radius 1 is 1.25 bits per heavy atom. The molecule has 1 N–H and O–H groups in total. The smallest absolute Gasteiger partial charge is 0.273 e. The summed E-state index contributed by atoms with van der Waals surface area (Å²) in [5, 5.41) is 3.02. The van der Waals surface area contributed by atoms with E-state index in [0.29, 0.717) is 16.4 Å². The molecule has 0 fully saturated rings. The third-order valence-corrected chi connectivity index (χ3v) is 6.31. The van der Waals surface area contributed by atoms with Crippen LogP contribution in [0.25, 0.3) is 0 Å². The summed E-state index contributed by atoms with van der Waals surface area (Å²) in [6.07, 6.45) is 0. The van der Waals surface area contributed by atoms with E-state index >= 15 is 0 Å². The van der Waals surface area contributed by atoms with Crippen LogP contribution in [0.3, 0.4) is 0 Å². The van der Waals surface area contributed by atoms with Crippen LogP contribution in [0.5, 0.6) is 0 Å². The lowest BCUT2D eigenvalue weighted by molar-refractivity contribution is 0.596. The zero-order valence-electron chi connectivity index (χ0n) is 11.8. The molecule has 0 aliphatic rings. The van der Waals surface area contributed by atoms with E-state index in [1.807, 2.05) is 38.2 Å². The van der Waals surface area contributed by atoms with Gasteiger partial charge < -0.3 is 5.32 Å². The molecule has 0 aliphatic carbocycles. The minimum absolute atomic E-state index is 0.367. The molecule has 0 bridgehead atoms. The number of hydrogen-bond donors (Lipinski definition) is 1. The highest BCUT2D eigenvalue weighted by molar-refractivity contribution is 7.94. The number of rotatable bonds is 5. The molecule has 0 saturated carbocycles. The van der Waals surface area contributed by atoms with Crippen molar-refractivity contribution in [3.63, 3.8) is 0 Å². The first kappa shape index (κ1) is 15.0. The van der Waals surface area contributed by atoms with Gasteiger partial charge in [-0.2, -0.15) is 0 Å². The van der Waals surface area contributed by atoms with Gasteiger partial charge in [-0.25, -0.2) is 8.42 Å². The minimum atomic E-state index is -3.48. The van der Waals surface area contributed by atoms with Gasteiger partial charge in [-0.15, -0.1) is 11.3 Å². The average molecular weight is 310 g/mol. The van der Waals surface area contributed by atoms with Crippen molar-refractivity contribution in [3.8, 4) is 0 Å². The molecule has 4 nitrogen and oxygen atoms in total. The topological polar surface area (TPSA) is 49.4 Å². The maximum absolute atomic E-state index is 12.6. The van der Waals surface area contributed by atoms with Gasteiger partial charge in [-0.1, -0.05) is 12.1 Å². The van der Waals surface area contributed by atoms with Crippen molar-refractivity contribution in [3.05, 3.63) is 46.8 Å². The van der Waals surface area contributed by atoms with E-state index in [4.69, 9.17) is 0 Å². The van der Waals surface area contributed by atoms with Crippen LogP contribution in [0.2, 0.25) is 0 Å². The second-order valence-corrected chi connectivity index (χ2v) is 7.93. The summed E-state index contributed by atoms with van der Waals surface area (Å²) in [4.78, 5) is 1.00. The Balaban J connectivity index is 2.33. The molecule has 1 aromatic carbocycles. The summed E-state index contributed by atoms with van der Waals surface area (Å²) in [7, 11) is -0.0573. The van der Waals surface area contributed by atoms with E-state index in [0.717, 1.165) is 10.4 Å². The first-order valence-electron chi connectivity index (χ1n) is 6.24. The van der Waals surface area contributed by atoms with Crippen molar-refractivity contribution < 1.29 is 8.42 Å². The number of anilines is 1. The molecular weight excluding hydrogens is 292 g/mol. The van der Waals surface area contributed by atoms with Gasteiger partial charge in [-0.3, -0.25) is 4.31 Å². The lowest BCUT2D eigenvalue weighted by atomic mass is 10.2. The lowest BCUT2D eigenvalue weighted by Gasteiger charge is -2.18. The van der Waals surface area contributed by atoms with Crippen LogP contribution in [0.15, 0.2) is 40.6 Å². The summed E-state index contributed by atoms with van der Waals surface area (Å²) in [5.74, 6) is 0. The predicted octanol–water partition coefficient (Wildman–Crippen LogP) is 2.60. The van der Waals surface area contributed by atoms with Gasteiger partial charge in [-0.05, 0) is 43.8 Å². The summed E-state index contributed by atoms with van der Waals surface area (Å²) < 4.78 is 26.9. The number of aryl methyl sites for hydroxylation is 1. The molecule has 1 aromatic heterocycles. The average Bonchev–Trinajstić information content (AvgIpc) is 2.87. The highest BCUT2D eigenvalue weighted by Crippen LogP contribution is 2.27. The molecule has 0 unspecified atom stereocenters. The Hall–Kier alpha value is -1.37. The minimum Gasteiger partial charge on any atom is -0.315 e. The monoisotopic (exact) mass is 310 g/mol. The zero-order valence-corrected chi connectivity index (χ0v) is 13.4. The number of hydrogen-bond acceptors (Lipinski definition) is 4. The number of thiophene rings is 1. The van der Waals surface area contributed by atoms with Crippen LogP contribution in [0.4, 0.5) is 5.69 Å². The van der Waals surface area contributed by atoms with E-state index in [1.54, 1.807) is 19.2 Å². The molecular formula is C14H18N2O2S2. The fourth-order valence-electron chi connectivity index (χ4n) is 1.86. The third-order valence-electron chi connectivity index (χ3n) is 2.97. The molecule has 0 aliphatic heterocycles. The van der Waals surface area contributed by atoms with Crippen LogP contribution in [-0.2, 0) is 16.6 Å². The Morgan fingerprint density at radius 2 is 2.00 bits per heavy atom. The Morgan fingerprint density at radius 3 is 2.65 bits per heavy atom. The number of nitrogens with one attached hydrogen (secondary N) is 1. The van der Waals surface area contributed by atoms with Crippen LogP contribution < -0.4 is 9.62 Å². The normalized spacial score (nSPS) is 11.6. The summed E-state index contributed by atoms with van der Waals surface area (Å²) in [6.45, 7) is 2.62. The Kier molecular flexibility index (Phi) is 4.47. The van der Waals surface area contributed by atoms with Gasteiger partial charge in [0.05, 0.1) is 5.69 Å². The van der Waals surface area contributed by atoms with E-state index in [9.17, 15) is 8.42 Å². The van der Waals surface area contributed by atoms with Crippen LogP contribution >= 0.6 is 11.3 Å². The van der Waals surface area contributed by atoms with Gasteiger partial charge in [0.15, 0.2) is 0 Å². The van der Waals surface area contributed by atoms with Crippen molar-refractivity contribution in [1.29, 1.82) is 0 Å². The predicted molar refractivity (Wildman–Crippen MR) is 83.9 cm³/mol. The highest BCUT2D eigenvalue weighted by atomic mass is 32.2. The summed E-state index contributed by atoms with van der Waals surface area (Å²) >= 11 is 1.30. The van der Waals surface area contributed by atoms with Crippen molar-refractivity contribution in [2.24, 2.45) is 0 Å². The molecule has 20 heavy (non-hydrogen) atoms. The quantitative estimate of drug-likeness (QED) is 0.923. The van der Waals surface area contributed by atoms with E-state index in [2.05, 4.69) is 5.32 Å². The molecule has 0 spiro atoms. The second-order valence-electron chi connectivity index (χ2n) is 4.56. The van der Waals surface area contributed by atoms with E-state index in [-0.39, 0.29) is 0 Å². The molecule has 2 rings (SSSR count). The number of benzene rings is 1. The van der Waals surface area contributed by atoms with Crippen LogP contribution in [0, 0.1) is 6.92 Å². The fourth-order valence-corrected chi connectivity index (χ4v) is 4.59. The van der Waals surface area contributed by atoms with Crippen molar-refractivity contribution in [2.45, 2.75) is 17.7 Å². The highest BCUT2D eigenvalue weighted by Gasteiger charge is 2.23. The molecule has 0 atom stereocenters. The first-order valence-corrected chi connectivity index (χ1v) is 8.49. The van der Waals surface area contributed by atoms with Gasteiger partial charge >= 0.3 is 0 Å². The summed E-state index contributed by atoms with van der Waals surface area (Å²) in [5.41, 5.74) is 1.71. The molecule has 1 heterocycles. The van der Waals surface area contributed by atoms with Crippen molar-refractivity contribution in [1.82, 2.24) is 5.32 Å². The maximum Gasteiger partial charge on any atom is 0.273 e. The zero-order chi connectivity index (χ0) is 14.8. The molecule has 0 saturated heterocycles. The van der Waals surface area contributed by atoms with Crippen LogP contribution in [0.1, 0.15) is 10.4 Å². The van der Waals surface area contributed by atoms with Gasteiger partial charge in [0.25, 0.3) is 10.0 Å². The number of sulfonamides is 1. The Labute approximate surface area is 124 Å². The van der Waals surface area contributed by atoms with E-state index in [1.165, 1.54) is 15.6 Å². The van der Waals surface area contributed by atoms with Crippen molar-refractivity contribution >= 4 is 27.0 Å². The first-order chi connectivity index (χ1) is 9.45. The molecule has 108 valence electrons. The van der Waals surface area contributed by atoms with Gasteiger partial charge in [0.1, 0.15) is 4.21 Å². The molecule has 2 aromatic rings. The second kappa shape index (κ2) is 5.95. The lowest BCUT2D eigenvalue weighted by Crippen LogP contribution is -2.25. The van der Waals surface area contributed by atoms with E-state index < -0.39 is 10.0 Å². The SMILES string of the molecule is CNCc1ccc(S(=O)(=O)N(C)c2cccc(C)c2)s1. The third kappa shape index (κ3) is 3.03. The van der Waals surface area contributed by atoms with Gasteiger partial charge in [0, 0.05) is 18.5 Å². The van der Waals surface area contributed by atoms with Gasteiger partial charge in [0.2, 0.25) is 0 Å². The van der Waals surface area contributed by atoms with Crippen LogP contribution in [-0.4, -0.2) is 22.5 Å².